The fourth-order valence-electron chi connectivity index (χ4n) is 3.33. The highest BCUT2D eigenvalue weighted by Crippen LogP contribution is 2.34. The summed E-state index contributed by atoms with van der Waals surface area (Å²) in [7, 11) is 0. The van der Waals surface area contributed by atoms with Crippen molar-refractivity contribution in [1.82, 2.24) is 15.5 Å². The second-order valence-corrected chi connectivity index (χ2v) is 6.47. The van der Waals surface area contributed by atoms with Crippen LogP contribution < -0.4 is 15.4 Å². The van der Waals surface area contributed by atoms with Crippen molar-refractivity contribution in [3.05, 3.63) is 53.8 Å². The summed E-state index contributed by atoms with van der Waals surface area (Å²) in [5.41, 5.74) is 1.81. The van der Waals surface area contributed by atoms with Crippen molar-refractivity contribution >= 4 is 11.9 Å². The summed E-state index contributed by atoms with van der Waals surface area (Å²) in [6, 6.07) is 6.48. The smallest absolute Gasteiger partial charge is 0.319 e. The van der Waals surface area contributed by atoms with E-state index >= 15 is 0 Å². The molecule has 0 spiro atoms. The van der Waals surface area contributed by atoms with Crippen LogP contribution in [-0.4, -0.2) is 49.7 Å². The van der Waals surface area contributed by atoms with Gasteiger partial charge in [-0.25, -0.2) is 4.79 Å². The number of amides is 3. The first-order valence-corrected chi connectivity index (χ1v) is 9.09. The molecule has 0 aliphatic carbocycles. The molecular formula is C20H25N3O4. The van der Waals surface area contributed by atoms with E-state index in [1.165, 1.54) is 0 Å². The van der Waals surface area contributed by atoms with E-state index in [0.29, 0.717) is 49.9 Å². The molecule has 1 atom stereocenters. The number of carbonyl (C=O) groups is 2. The first-order chi connectivity index (χ1) is 13.1. The van der Waals surface area contributed by atoms with Gasteiger partial charge in [0.2, 0.25) is 0 Å². The lowest BCUT2D eigenvalue weighted by atomic mass is 9.93. The molecule has 1 saturated heterocycles. The van der Waals surface area contributed by atoms with Crippen LogP contribution in [0.15, 0.2) is 48.2 Å². The predicted octanol–water partition coefficient (Wildman–Crippen LogP) is 2.13. The van der Waals surface area contributed by atoms with Gasteiger partial charge in [0.05, 0.1) is 18.2 Å². The second-order valence-electron chi connectivity index (χ2n) is 6.47. The van der Waals surface area contributed by atoms with Gasteiger partial charge in [-0.15, -0.1) is 0 Å². The fourth-order valence-corrected chi connectivity index (χ4v) is 3.33. The third-order valence-electron chi connectivity index (χ3n) is 4.60. The van der Waals surface area contributed by atoms with Crippen molar-refractivity contribution in [2.45, 2.75) is 19.4 Å². The van der Waals surface area contributed by atoms with Crippen molar-refractivity contribution in [3.63, 3.8) is 0 Å². The van der Waals surface area contributed by atoms with Gasteiger partial charge in [-0.05, 0) is 19.4 Å². The summed E-state index contributed by atoms with van der Waals surface area (Å²) in [5.74, 6) is 0.510. The van der Waals surface area contributed by atoms with Crippen LogP contribution in [0.4, 0.5) is 4.79 Å². The number of benzene rings is 1. The van der Waals surface area contributed by atoms with E-state index in [2.05, 4.69) is 17.2 Å². The number of urea groups is 1. The van der Waals surface area contributed by atoms with E-state index in [-0.39, 0.29) is 11.9 Å². The number of hydrogen-bond donors (Lipinski definition) is 2. The molecule has 0 radical (unpaired) electrons. The van der Waals surface area contributed by atoms with Crippen molar-refractivity contribution in [2.24, 2.45) is 0 Å². The van der Waals surface area contributed by atoms with E-state index in [1.54, 1.807) is 17.9 Å². The van der Waals surface area contributed by atoms with Gasteiger partial charge in [-0.2, -0.15) is 0 Å². The molecule has 2 aliphatic heterocycles. The molecule has 2 aliphatic rings. The molecular weight excluding hydrogens is 346 g/mol. The van der Waals surface area contributed by atoms with Crippen LogP contribution in [0, 0.1) is 0 Å². The summed E-state index contributed by atoms with van der Waals surface area (Å²) in [5, 5.41) is 5.59. The van der Waals surface area contributed by atoms with Gasteiger partial charge in [-0.1, -0.05) is 30.9 Å². The van der Waals surface area contributed by atoms with Crippen LogP contribution in [0.25, 0.3) is 0 Å². The number of nitrogens with zero attached hydrogens (tertiary/aromatic N) is 1. The summed E-state index contributed by atoms with van der Waals surface area (Å²) in [4.78, 5) is 27.2. The number of ether oxygens (including phenoxy) is 2. The quantitative estimate of drug-likeness (QED) is 0.777. The number of rotatable bonds is 5. The lowest BCUT2D eigenvalue weighted by Gasteiger charge is -2.32. The van der Waals surface area contributed by atoms with Crippen LogP contribution in [0.1, 0.15) is 24.9 Å². The van der Waals surface area contributed by atoms with Gasteiger partial charge in [-0.3, -0.25) is 4.79 Å². The molecule has 7 heteroatoms. The van der Waals surface area contributed by atoms with Crippen LogP contribution in [0.5, 0.6) is 5.75 Å². The van der Waals surface area contributed by atoms with Gasteiger partial charge in [0.1, 0.15) is 12.4 Å². The average Bonchev–Trinajstić information content (AvgIpc) is 2.95. The molecule has 7 nitrogen and oxygen atoms in total. The van der Waals surface area contributed by atoms with Crippen LogP contribution in [-0.2, 0) is 9.53 Å². The molecule has 1 aromatic rings. The maximum absolute atomic E-state index is 13.3. The lowest BCUT2D eigenvalue weighted by molar-refractivity contribution is -0.127. The number of para-hydroxylation sites is 1. The molecule has 2 N–H and O–H groups in total. The summed E-state index contributed by atoms with van der Waals surface area (Å²) in [6.45, 7) is 8.09. The fraction of sp³-hybridized carbons (Fsp3) is 0.400. The highest BCUT2D eigenvalue weighted by atomic mass is 16.5. The first-order valence-electron chi connectivity index (χ1n) is 9.09. The highest BCUT2D eigenvalue weighted by Gasteiger charge is 2.35. The summed E-state index contributed by atoms with van der Waals surface area (Å²) >= 11 is 0. The molecule has 2 heterocycles. The Hall–Kier alpha value is -2.80. The van der Waals surface area contributed by atoms with E-state index in [1.807, 2.05) is 24.3 Å². The third-order valence-corrected chi connectivity index (χ3v) is 4.60. The predicted molar refractivity (Wildman–Crippen MR) is 101 cm³/mol. The molecule has 1 fully saturated rings. The van der Waals surface area contributed by atoms with Crippen LogP contribution in [0.3, 0.4) is 0 Å². The number of nitrogens with one attached hydrogen (secondary N) is 2. The normalized spacial score (nSPS) is 20.4. The monoisotopic (exact) mass is 371 g/mol. The van der Waals surface area contributed by atoms with Crippen molar-refractivity contribution < 1.29 is 19.1 Å². The molecule has 1 aromatic carbocycles. The van der Waals surface area contributed by atoms with Crippen molar-refractivity contribution in [2.75, 3.05) is 32.9 Å². The zero-order valence-corrected chi connectivity index (χ0v) is 15.5. The Balaban J connectivity index is 1.97. The molecule has 27 heavy (non-hydrogen) atoms. The first kappa shape index (κ1) is 19.0. The Bertz CT molecular complexity index is 751. The standard InChI is InChI=1S/C20H25N3O4/c1-3-11-27-16-8-5-4-7-15(16)18-17(14(2)21-20(25)22-18)19(24)23-9-6-12-26-13-10-23/h3-5,7-8,18H,1,6,9-13H2,2H3,(H2,21,22,25). The minimum Gasteiger partial charge on any atom is -0.489 e. The van der Waals surface area contributed by atoms with Gasteiger partial charge >= 0.3 is 6.03 Å². The lowest BCUT2D eigenvalue weighted by Crippen LogP contribution is -2.48. The Labute approximate surface area is 159 Å². The van der Waals surface area contributed by atoms with Gasteiger partial charge in [0, 0.05) is 31.0 Å². The summed E-state index contributed by atoms with van der Waals surface area (Å²) in [6.07, 6.45) is 2.45. The third kappa shape index (κ3) is 4.31. The highest BCUT2D eigenvalue weighted by molar-refractivity contribution is 5.98. The van der Waals surface area contributed by atoms with Gasteiger partial charge in [0.15, 0.2) is 0 Å². The largest absolute Gasteiger partial charge is 0.489 e. The minimum absolute atomic E-state index is 0.103. The van der Waals surface area contributed by atoms with Crippen LogP contribution >= 0.6 is 0 Å². The summed E-state index contributed by atoms with van der Waals surface area (Å²) < 4.78 is 11.2. The minimum atomic E-state index is -0.587. The Morgan fingerprint density at radius 2 is 2.19 bits per heavy atom. The average molecular weight is 371 g/mol. The Kier molecular flexibility index (Phi) is 6.13. The molecule has 3 amide bonds. The van der Waals surface area contributed by atoms with Crippen molar-refractivity contribution in [1.29, 1.82) is 0 Å². The second kappa shape index (κ2) is 8.73. The van der Waals surface area contributed by atoms with Gasteiger partial charge < -0.3 is 25.0 Å². The Morgan fingerprint density at radius 1 is 1.37 bits per heavy atom. The SMILES string of the molecule is C=CCOc1ccccc1C1NC(=O)NC(C)=C1C(=O)N1CCCOCC1. The number of allylic oxidation sites excluding steroid dienone is 1. The maximum Gasteiger partial charge on any atom is 0.319 e. The molecule has 0 aromatic heterocycles. The molecule has 0 saturated carbocycles. The zero-order valence-electron chi connectivity index (χ0n) is 15.5. The topological polar surface area (TPSA) is 79.9 Å². The van der Waals surface area contributed by atoms with Crippen molar-refractivity contribution in [3.8, 4) is 5.75 Å². The Morgan fingerprint density at radius 3 is 3.00 bits per heavy atom. The van der Waals surface area contributed by atoms with E-state index in [9.17, 15) is 9.59 Å². The number of hydrogen-bond acceptors (Lipinski definition) is 4. The molecule has 3 rings (SSSR count). The zero-order chi connectivity index (χ0) is 19.2. The van der Waals surface area contributed by atoms with E-state index in [0.717, 1.165) is 12.0 Å². The number of carbonyl (C=O) groups excluding carboxylic acids is 2. The van der Waals surface area contributed by atoms with E-state index in [4.69, 9.17) is 9.47 Å². The molecule has 1 unspecified atom stereocenters. The van der Waals surface area contributed by atoms with Gasteiger partial charge in [0.25, 0.3) is 5.91 Å². The molecule has 144 valence electrons. The van der Waals surface area contributed by atoms with E-state index < -0.39 is 6.04 Å². The molecule has 0 bridgehead atoms. The maximum atomic E-state index is 13.3. The van der Waals surface area contributed by atoms with Crippen LogP contribution in [0.2, 0.25) is 0 Å².